The Bertz CT molecular complexity index is 1750. The first-order chi connectivity index (χ1) is 22.5. The van der Waals surface area contributed by atoms with Crippen molar-refractivity contribution in [3.63, 3.8) is 0 Å². The van der Waals surface area contributed by atoms with E-state index >= 15 is 0 Å². The van der Waals surface area contributed by atoms with E-state index in [1.807, 2.05) is 97.1 Å². The van der Waals surface area contributed by atoms with Gasteiger partial charge in [0.2, 0.25) is 0 Å². The molecule has 0 bridgehead atoms. The lowest BCUT2D eigenvalue weighted by Crippen LogP contribution is -2.24. The smallest absolute Gasteiger partial charge is 0.344 e. The Balaban J connectivity index is 1.74. The molecule has 0 N–H and O–H groups in total. The van der Waals surface area contributed by atoms with Gasteiger partial charge in [-0.15, -0.1) is 0 Å². The molecule has 0 spiro atoms. The maximum absolute atomic E-state index is 13.3. The molecule has 0 radical (unpaired) electrons. The standard InChI is InChI=1S/C42H36O4/c1-45-39(43)37(40(44)46-2)30-41(29-31-18-8-3-9-19-31)38(28-36(32-20-10-4-11-21-32)33-22-12-5-13-23-33)42(41,34-24-14-6-15-25-34)35-26-16-7-17-27-35/h3-28,30,38H,29H2,1-2H3/t38-,41-/m0/s1. The van der Waals surface area contributed by atoms with E-state index in [-0.39, 0.29) is 11.5 Å². The topological polar surface area (TPSA) is 52.6 Å². The van der Waals surface area contributed by atoms with Crippen LogP contribution in [-0.4, -0.2) is 26.2 Å². The molecule has 0 saturated heterocycles. The van der Waals surface area contributed by atoms with Gasteiger partial charge >= 0.3 is 11.9 Å². The number of carbonyl (C=O) groups excluding carboxylic acids is 2. The molecule has 1 aliphatic rings. The van der Waals surface area contributed by atoms with Crippen molar-refractivity contribution >= 4 is 17.5 Å². The predicted molar refractivity (Wildman–Crippen MR) is 182 cm³/mol. The minimum atomic E-state index is -0.774. The number of rotatable bonds is 10. The van der Waals surface area contributed by atoms with Crippen LogP contribution >= 0.6 is 0 Å². The summed E-state index contributed by atoms with van der Waals surface area (Å²) in [6.45, 7) is 0. The van der Waals surface area contributed by atoms with Crippen LogP contribution in [0.15, 0.2) is 169 Å². The van der Waals surface area contributed by atoms with Crippen LogP contribution in [-0.2, 0) is 30.9 Å². The first-order valence-corrected chi connectivity index (χ1v) is 15.4. The Morgan fingerprint density at radius 2 is 0.978 bits per heavy atom. The van der Waals surface area contributed by atoms with Crippen molar-refractivity contribution in [1.82, 2.24) is 0 Å². The maximum atomic E-state index is 13.3. The number of carbonyl (C=O) groups is 2. The van der Waals surface area contributed by atoms with Crippen LogP contribution in [0.5, 0.6) is 0 Å². The van der Waals surface area contributed by atoms with Gasteiger partial charge in [0.15, 0.2) is 0 Å². The zero-order valence-electron chi connectivity index (χ0n) is 26.0. The van der Waals surface area contributed by atoms with Gasteiger partial charge in [0.1, 0.15) is 5.57 Å². The van der Waals surface area contributed by atoms with E-state index in [9.17, 15) is 9.59 Å². The average Bonchev–Trinajstić information content (AvgIpc) is 3.70. The Kier molecular flexibility index (Phi) is 8.80. The number of ether oxygens (including phenoxy) is 2. The van der Waals surface area contributed by atoms with E-state index in [1.165, 1.54) is 14.2 Å². The molecule has 6 rings (SSSR count). The summed E-state index contributed by atoms with van der Waals surface area (Å²) in [5.41, 5.74) is 4.94. The molecule has 4 nitrogen and oxygen atoms in total. The second-order valence-electron chi connectivity index (χ2n) is 11.6. The number of hydrogen-bond donors (Lipinski definition) is 0. The van der Waals surface area contributed by atoms with E-state index in [4.69, 9.17) is 9.47 Å². The molecule has 0 aromatic heterocycles. The van der Waals surface area contributed by atoms with Crippen LogP contribution in [0.3, 0.4) is 0 Å². The number of hydrogen-bond acceptors (Lipinski definition) is 4. The average molecular weight is 605 g/mol. The molecule has 0 heterocycles. The highest BCUT2D eigenvalue weighted by atomic mass is 16.5. The molecule has 0 unspecified atom stereocenters. The highest BCUT2D eigenvalue weighted by molar-refractivity contribution is 6.14. The Hall–Kier alpha value is -5.48. The number of esters is 2. The predicted octanol–water partition coefficient (Wildman–Crippen LogP) is 8.24. The van der Waals surface area contributed by atoms with Crippen LogP contribution in [0, 0.1) is 11.3 Å². The van der Waals surface area contributed by atoms with Crippen molar-refractivity contribution in [2.24, 2.45) is 11.3 Å². The Labute approximate surface area is 270 Å². The van der Waals surface area contributed by atoms with Gasteiger partial charge in [-0.25, -0.2) is 9.59 Å². The molecular weight excluding hydrogens is 568 g/mol. The van der Waals surface area contributed by atoms with Crippen molar-refractivity contribution in [3.8, 4) is 0 Å². The molecule has 1 fully saturated rings. The van der Waals surface area contributed by atoms with Crippen molar-refractivity contribution in [2.75, 3.05) is 14.2 Å². The van der Waals surface area contributed by atoms with E-state index in [2.05, 4.69) is 66.7 Å². The molecule has 0 aliphatic heterocycles. The third-order valence-corrected chi connectivity index (χ3v) is 9.19. The van der Waals surface area contributed by atoms with Crippen LogP contribution in [0.1, 0.15) is 27.8 Å². The maximum Gasteiger partial charge on any atom is 0.344 e. The highest BCUT2D eigenvalue weighted by Gasteiger charge is 2.75. The van der Waals surface area contributed by atoms with Crippen molar-refractivity contribution < 1.29 is 19.1 Å². The Morgan fingerprint density at radius 3 is 1.39 bits per heavy atom. The number of benzene rings is 5. The molecule has 1 saturated carbocycles. The molecule has 1 aliphatic carbocycles. The number of methoxy groups -OCH3 is 2. The fourth-order valence-corrected chi connectivity index (χ4v) is 7.21. The fraction of sp³-hybridized carbons (Fsp3) is 0.143. The second-order valence-corrected chi connectivity index (χ2v) is 11.6. The van der Waals surface area contributed by atoms with Gasteiger partial charge in [0, 0.05) is 16.7 Å². The highest BCUT2D eigenvalue weighted by Crippen LogP contribution is 2.76. The first-order valence-electron chi connectivity index (χ1n) is 15.4. The zero-order chi connectivity index (χ0) is 32.0. The van der Waals surface area contributed by atoms with Crippen LogP contribution in [0.2, 0.25) is 0 Å². The minimum Gasteiger partial charge on any atom is -0.465 e. The summed E-state index contributed by atoms with van der Waals surface area (Å²) in [4.78, 5) is 26.6. The van der Waals surface area contributed by atoms with Gasteiger partial charge in [-0.3, -0.25) is 0 Å². The summed E-state index contributed by atoms with van der Waals surface area (Å²) >= 11 is 0. The van der Waals surface area contributed by atoms with Gasteiger partial charge in [-0.2, -0.15) is 0 Å². The van der Waals surface area contributed by atoms with Gasteiger partial charge < -0.3 is 9.47 Å². The van der Waals surface area contributed by atoms with Crippen LogP contribution in [0.4, 0.5) is 0 Å². The summed E-state index contributed by atoms with van der Waals surface area (Å²) in [7, 11) is 2.58. The minimum absolute atomic E-state index is 0.117. The molecule has 4 heteroatoms. The van der Waals surface area contributed by atoms with E-state index in [1.54, 1.807) is 0 Å². The Morgan fingerprint density at radius 1 is 0.587 bits per heavy atom. The second kappa shape index (κ2) is 13.3. The molecular formula is C42H36O4. The lowest BCUT2D eigenvalue weighted by Gasteiger charge is -2.26. The molecule has 5 aromatic carbocycles. The monoisotopic (exact) mass is 604 g/mol. The fourth-order valence-electron chi connectivity index (χ4n) is 7.21. The summed E-state index contributed by atoms with van der Waals surface area (Å²) in [6, 6.07) is 51.7. The first kappa shape index (κ1) is 30.5. The van der Waals surface area contributed by atoms with Crippen LogP contribution < -0.4 is 0 Å². The SMILES string of the molecule is COC(=O)C(=C[C@@]1(Cc2ccccc2)[C@H](C=C(c2ccccc2)c2ccccc2)C1(c1ccccc1)c1ccccc1)C(=O)OC. The van der Waals surface area contributed by atoms with Crippen molar-refractivity contribution in [3.05, 3.63) is 197 Å². The summed E-state index contributed by atoms with van der Waals surface area (Å²) < 4.78 is 10.3. The van der Waals surface area contributed by atoms with Crippen LogP contribution in [0.25, 0.3) is 5.57 Å². The number of allylic oxidation sites excluding steroid dienone is 2. The van der Waals surface area contributed by atoms with Gasteiger partial charge in [0.05, 0.1) is 14.2 Å². The lowest BCUT2D eigenvalue weighted by molar-refractivity contribution is -0.144. The molecule has 0 amide bonds. The third-order valence-electron chi connectivity index (χ3n) is 9.19. The van der Waals surface area contributed by atoms with E-state index < -0.39 is 22.8 Å². The van der Waals surface area contributed by atoms with Gasteiger partial charge in [-0.1, -0.05) is 164 Å². The summed E-state index contributed by atoms with van der Waals surface area (Å²) in [5, 5.41) is 0. The molecule has 5 aromatic rings. The van der Waals surface area contributed by atoms with Crippen molar-refractivity contribution in [2.45, 2.75) is 11.8 Å². The van der Waals surface area contributed by atoms with Gasteiger partial charge in [0.25, 0.3) is 0 Å². The molecule has 2 atom stereocenters. The summed E-state index contributed by atoms with van der Waals surface area (Å²) in [5.74, 6) is -1.64. The van der Waals surface area contributed by atoms with Crippen molar-refractivity contribution in [1.29, 1.82) is 0 Å². The third kappa shape index (κ3) is 5.48. The molecule has 46 heavy (non-hydrogen) atoms. The zero-order valence-corrected chi connectivity index (χ0v) is 26.0. The normalized spacial score (nSPS) is 17.7. The molecule has 228 valence electrons. The summed E-state index contributed by atoms with van der Waals surface area (Å²) in [6.07, 6.45) is 4.73. The lowest BCUT2D eigenvalue weighted by atomic mass is 9.77. The quantitative estimate of drug-likeness (QED) is 0.0698. The van der Waals surface area contributed by atoms with E-state index in [0.29, 0.717) is 6.42 Å². The van der Waals surface area contributed by atoms with Gasteiger partial charge in [-0.05, 0) is 39.8 Å². The van der Waals surface area contributed by atoms with E-state index in [0.717, 1.165) is 33.4 Å². The largest absolute Gasteiger partial charge is 0.465 e.